The number of hydrogen-bond donors (Lipinski definition) is 2. The molecule has 122 valence electrons. The van der Waals surface area contributed by atoms with Crippen molar-refractivity contribution in [3.63, 3.8) is 0 Å². The number of carbonyl (C=O) groups is 1. The van der Waals surface area contributed by atoms with Gasteiger partial charge in [0, 0.05) is 32.3 Å². The Balaban J connectivity index is 1.71. The van der Waals surface area contributed by atoms with Crippen molar-refractivity contribution in [2.45, 2.75) is 70.3 Å². The highest BCUT2D eigenvalue weighted by Gasteiger charge is 2.25. The monoisotopic (exact) mass is 297 g/mol. The summed E-state index contributed by atoms with van der Waals surface area (Å²) in [5.74, 6) is 1.39. The first kappa shape index (κ1) is 16.8. The Hall–Kier alpha value is -0.610. The summed E-state index contributed by atoms with van der Waals surface area (Å²) in [5, 5.41) is 12.4. The number of aliphatic hydroxyl groups is 1. The molecule has 2 fully saturated rings. The van der Waals surface area contributed by atoms with E-state index in [1.807, 2.05) is 0 Å². The number of amides is 1. The van der Waals surface area contributed by atoms with Gasteiger partial charge >= 0.3 is 0 Å². The number of ether oxygens (including phenoxy) is 1. The van der Waals surface area contributed by atoms with Crippen LogP contribution in [-0.4, -0.2) is 36.9 Å². The topological polar surface area (TPSA) is 58.6 Å². The van der Waals surface area contributed by atoms with Gasteiger partial charge in [-0.3, -0.25) is 4.79 Å². The third-order valence-electron chi connectivity index (χ3n) is 5.13. The highest BCUT2D eigenvalue weighted by molar-refractivity contribution is 5.76. The highest BCUT2D eigenvalue weighted by atomic mass is 16.5. The number of carbonyl (C=O) groups excluding carboxylic acids is 1. The lowest BCUT2D eigenvalue weighted by Gasteiger charge is -2.31. The molecule has 0 bridgehead atoms. The summed E-state index contributed by atoms with van der Waals surface area (Å²) < 4.78 is 5.35. The maximum absolute atomic E-state index is 12.2. The molecule has 0 spiro atoms. The van der Waals surface area contributed by atoms with Crippen LogP contribution in [0.2, 0.25) is 0 Å². The van der Waals surface area contributed by atoms with Crippen molar-refractivity contribution in [3.8, 4) is 0 Å². The molecule has 0 radical (unpaired) electrons. The summed E-state index contributed by atoms with van der Waals surface area (Å²) in [5.41, 5.74) is 0. The van der Waals surface area contributed by atoms with Crippen molar-refractivity contribution >= 4 is 5.91 Å². The summed E-state index contributed by atoms with van der Waals surface area (Å²) in [6.07, 6.45) is 10.7. The largest absolute Gasteiger partial charge is 0.396 e. The van der Waals surface area contributed by atoms with E-state index in [0.717, 1.165) is 32.5 Å². The van der Waals surface area contributed by atoms with Crippen molar-refractivity contribution in [2.24, 2.45) is 11.8 Å². The van der Waals surface area contributed by atoms with Crippen LogP contribution in [0, 0.1) is 11.8 Å². The van der Waals surface area contributed by atoms with E-state index in [2.05, 4.69) is 5.32 Å². The predicted molar refractivity (Wildman–Crippen MR) is 83.0 cm³/mol. The van der Waals surface area contributed by atoms with Gasteiger partial charge in [-0.2, -0.15) is 0 Å². The Kier molecular flexibility index (Phi) is 7.51. The lowest BCUT2D eigenvalue weighted by molar-refractivity contribution is -0.122. The van der Waals surface area contributed by atoms with Crippen molar-refractivity contribution in [3.05, 3.63) is 0 Å². The molecule has 2 aliphatic rings. The average molecular weight is 297 g/mol. The molecule has 4 nitrogen and oxygen atoms in total. The van der Waals surface area contributed by atoms with E-state index in [4.69, 9.17) is 4.74 Å². The van der Waals surface area contributed by atoms with Crippen molar-refractivity contribution in [1.29, 1.82) is 0 Å². The fraction of sp³-hybridized carbons (Fsp3) is 0.941. The van der Waals surface area contributed by atoms with E-state index < -0.39 is 0 Å². The van der Waals surface area contributed by atoms with Crippen LogP contribution in [0.3, 0.4) is 0 Å². The van der Waals surface area contributed by atoms with E-state index in [1.54, 1.807) is 0 Å². The van der Waals surface area contributed by atoms with E-state index in [1.165, 1.54) is 32.1 Å². The molecule has 1 aliphatic carbocycles. The molecule has 2 N–H and O–H groups in total. The van der Waals surface area contributed by atoms with Crippen LogP contribution in [0.15, 0.2) is 0 Å². The Morgan fingerprint density at radius 3 is 2.52 bits per heavy atom. The molecule has 1 amide bonds. The van der Waals surface area contributed by atoms with Crippen LogP contribution < -0.4 is 5.32 Å². The van der Waals surface area contributed by atoms with Gasteiger partial charge in [0.2, 0.25) is 5.91 Å². The summed E-state index contributed by atoms with van der Waals surface area (Å²) in [6, 6.07) is 0.178. The van der Waals surface area contributed by atoms with Crippen molar-refractivity contribution in [1.82, 2.24) is 5.32 Å². The Labute approximate surface area is 128 Å². The minimum Gasteiger partial charge on any atom is -0.396 e. The Bertz CT molecular complexity index is 296. The number of nitrogens with one attached hydrogen (secondary N) is 1. The summed E-state index contributed by atoms with van der Waals surface area (Å²) in [6.45, 7) is 1.87. The van der Waals surface area contributed by atoms with Crippen LogP contribution in [0.1, 0.15) is 64.2 Å². The third-order valence-corrected chi connectivity index (χ3v) is 5.13. The zero-order chi connectivity index (χ0) is 14.9. The minimum absolute atomic E-state index is 0.168. The molecule has 21 heavy (non-hydrogen) atoms. The maximum atomic E-state index is 12.2. The first-order valence-electron chi connectivity index (χ1n) is 8.77. The molecule has 2 rings (SSSR count). The SMILES string of the molecule is O=C(CCC1CCOCC1)NC(CCO)C1CCCCC1. The van der Waals surface area contributed by atoms with Gasteiger partial charge in [0.05, 0.1) is 0 Å². The molecule has 1 atom stereocenters. The van der Waals surface area contributed by atoms with Gasteiger partial charge in [-0.15, -0.1) is 0 Å². The third kappa shape index (κ3) is 5.95. The maximum Gasteiger partial charge on any atom is 0.220 e. The van der Waals surface area contributed by atoms with E-state index in [9.17, 15) is 9.90 Å². The number of rotatable bonds is 7. The molecule has 0 aromatic carbocycles. The standard InChI is InChI=1S/C17H31NO3/c19-11-8-16(15-4-2-1-3-5-15)18-17(20)7-6-14-9-12-21-13-10-14/h14-16,19H,1-13H2,(H,18,20). The molecule has 1 saturated carbocycles. The second-order valence-corrected chi connectivity index (χ2v) is 6.68. The molecule has 1 aliphatic heterocycles. The fourth-order valence-corrected chi connectivity index (χ4v) is 3.75. The van der Waals surface area contributed by atoms with Crippen LogP contribution in [-0.2, 0) is 9.53 Å². The van der Waals surface area contributed by atoms with E-state index in [-0.39, 0.29) is 18.6 Å². The second kappa shape index (κ2) is 9.42. The molecule has 1 saturated heterocycles. The van der Waals surface area contributed by atoms with Crippen LogP contribution in [0.25, 0.3) is 0 Å². The van der Waals surface area contributed by atoms with Gasteiger partial charge < -0.3 is 15.2 Å². The summed E-state index contributed by atoms with van der Waals surface area (Å²) in [7, 11) is 0. The average Bonchev–Trinajstić information content (AvgIpc) is 2.54. The molecule has 1 unspecified atom stereocenters. The van der Waals surface area contributed by atoms with Gasteiger partial charge in [0.15, 0.2) is 0 Å². The van der Waals surface area contributed by atoms with Crippen LogP contribution in [0.5, 0.6) is 0 Å². The van der Waals surface area contributed by atoms with E-state index >= 15 is 0 Å². The number of hydrogen-bond acceptors (Lipinski definition) is 3. The summed E-state index contributed by atoms with van der Waals surface area (Å²) in [4.78, 5) is 12.2. The van der Waals surface area contributed by atoms with Crippen LogP contribution >= 0.6 is 0 Å². The molecule has 4 heteroatoms. The first-order chi connectivity index (χ1) is 10.3. The second-order valence-electron chi connectivity index (χ2n) is 6.68. The zero-order valence-electron chi connectivity index (χ0n) is 13.2. The van der Waals surface area contributed by atoms with Crippen molar-refractivity contribution in [2.75, 3.05) is 19.8 Å². The quantitative estimate of drug-likeness (QED) is 0.759. The minimum atomic E-state index is 0.168. The molecular formula is C17H31NO3. The zero-order valence-corrected chi connectivity index (χ0v) is 13.2. The van der Waals surface area contributed by atoms with Crippen molar-refractivity contribution < 1.29 is 14.6 Å². The smallest absolute Gasteiger partial charge is 0.220 e. The van der Waals surface area contributed by atoms with Gasteiger partial charge in [-0.05, 0) is 50.4 Å². The van der Waals surface area contributed by atoms with Crippen LogP contribution in [0.4, 0.5) is 0 Å². The lowest BCUT2D eigenvalue weighted by atomic mass is 9.82. The predicted octanol–water partition coefficient (Wildman–Crippen LogP) is 2.64. The van der Waals surface area contributed by atoms with E-state index in [0.29, 0.717) is 24.7 Å². The molecule has 0 aromatic heterocycles. The fourth-order valence-electron chi connectivity index (χ4n) is 3.75. The van der Waals surface area contributed by atoms with Gasteiger partial charge in [0.25, 0.3) is 0 Å². The highest BCUT2D eigenvalue weighted by Crippen LogP contribution is 2.28. The molecule has 1 heterocycles. The number of aliphatic hydroxyl groups excluding tert-OH is 1. The van der Waals surface area contributed by atoms with Gasteiger partial charge in [-0.1, -0.05) is 19.3 Å². The normalized spacial score (nSPS) is 22.9. The van der Waals surface area contributed by atoms with Gasteiger partial charge in [-0.25, -0.2) is 0 Å². The molecular weight excluding hydrogens is 266 g/mol. The summed E-state index contributed by atoms with van der Waals surface area (Å²) >= 11 is 0. The first-order valence-corrected chi connectivity index (χ1v) is 8.77. The lowest BCUT2D eigenvalue weighted by Crippen LogP contribution is -2.41. The van der Waals surface area contributed by atoms with Gasteiger partial charge in [0.1, 0.15) is 0 Å². The Morgan fingerprint density at radius 2 is 1.86 bits per heavy atom. The Morgan fingerprint density at radius 1 is 1.14 bits per heavy atom. The molecule has 0 aromatic rings.